The molecule has 6 nitrogen and oxygen atoms in total. The van der Waals surface area contributed by atoms with Crippen LogP contribution < -0.4 is 10.2 Å². The van der Waals surface area contributed by atoms with E-state index in [1.165, 1.54) is 46.2 Å². The van der Waals surface area contributed by atoms with Crippen molar-refractivity contribution in [3.63, 3.8) is 0 Å². The fourth-order valence-electron chi connectivity index (χ4n) is 2.93. The number of para-hydroxylation sites is 1. The number of hydrogen-bond acceptors (Lipinski definition) is 6. The molecule has 9 heteroatoms. The molecule has 0 fully saturated rings. The van der Waals surface area contributed by atoms with E-state index in [9.17, 15) is 14.0 Å². The lowest BCUT2D eigenvalue weighted by Crippen LogP contribution is -2.33. The molecule has 1 N–H and O–H groups in total. The number of benzene rings is 1. The SMILES string of the molecule is CC(=O)N(c1nc(/C=C/C(=O)NCC(c2cccs2)N(C)C)cs1)c1ccccc1F. The molecule has 1 unspecified atom stereocenters. The lowest BCUT2D eigenvalue weighted by atomic mass is 10.2. The predicted octanol–water partition coefficient (Wildman–Crippen LogP) is 4.46. The average molecular weight is 459 g/mol. The summed E-state index contributed by atoms with van der Waals surface area (Å²) in [7, 11) is 3.94. The molecule has 2 amide bonds. The van der Waals surface area contributed by atoms with E-state index in [1.54, 1.807) is 34.9 Å². The molecule has 0 aliphatic rings. The Hall–Kier alpha value is -2.88. The topological polar surface area (TPSA) is 65.5 Å². The minimum Gasteiger partial charge on any atom is -0.351 e. The molecule has 2 heterocycles. The first-order valence-corrected chi connectivity index (χ1v) is 11.3. The van der Waals surface area contributed by atoms with Gasteiger partial charge in [-0.3, -0.25) is 14.5 Å². The van der Waals surface area contributed by atoms with E-state index in [4.69, 9.17) is 0 Å². The highest BCUT2D eigenvalue weighted by Crippen LogP contribution is 2.31. The lowest BCUT2D eigenvalue weighted by molar-refractivity contribution is -0.117. The van der Waals surface area contributed by atoms with Crippen molar-refractivity contribution in [3.8, 4) is 0 Å². The molecule has 3 aromatic rings. The Balaban J connectivity index is 1.66. The number of carbonyl (C=O) groups excluding carboxylic acids is 2. The first kappa shape index (κ1) is 22.8. The molecule has 2 aromatic heterocycles. The van der Waals surface area contributed by atoms with Crippen LogP contribution >= 0.6 is 22.7 Å². The molecule has 0 bridgehead atoms. The van der Waals surface area contributed by atoms with Gasteiger partial charge in [0.1, 0.15) is 5.82 Å². The minimum absolute atomic E-state index is 0.0909. The maximum Gasteiger partial charge on any atom is 0.244 e. The van der Waals surface area contributed by atoms with Gasteiger partial charge in [0.15, 0.2) is 5.13 Å². The van der Waals surface area contributed by atoms with Gasteiger partial charge < -0.3 is 10.2 Å². The molecule has 3 rings (SSSR count). The van der Waals surface area contributed by atoms with Crippen LogP contribution in [0.5, 0.6) is 0 Å². The van der Waals surface area contributed by atoms with Crippen LogP contribution in [0.25, 0.3) is 6.08 Å². The highest BCUT2D eigenvalue weighted by Gasteiger charge is 2.20. The van der Waals surface area contributed by atoms with Crippen LogP contribution in [0.4, 0.5) is 15.2 Å². The summed E-state index contributed by atoms with van der Waals surface area (Å²) in [4.78, 5) is 33.2. The first-order chi connectivity index (χ1) is 14.9. The summed E-state index contributed by atoms with van der Waals surface area (Å²) in [6, 6.07) is 10.2. The zero-order valence-corrected chi connectivity index (χ0v) is 19.0. The Morgan fingerprint density at radius 2 is 1.97 bits per heavy atom. The van der Waals surface area contributed by atoms with Crippen molar-refractivity contribution in [2.75, 3.05) is 25.5 Å². The number of likely N-dealkylation sites (N-methyl/N-ethyl adjacent to an activating group) is 1. The molecule has 1 aromatic carbocycles. The number of nitrogens with one attached hydrogen (secondary N) is 1. The predicted molar refractivity (Wildman–Crippen MR) is 124 cm³/mol. The summed E-state index contributed by atoms with van der Waals surface area (Å²) < 4.78 is 14.2. The Morgan fingerprint density at radius 3 is 2.61 bits per heavy atom. The molecule has 0 saturated carbocycles. The van der Waals surface area contributed by atoms with Gasteiger partial charge in [-0.05, 0) is 43.8 Å². The summed E-state index contributed by atoms with van der Waals surface area (Å²) in [5, 5.41) is 6.97. The molecule has 1 atom stereocenters. The van der Waals surface area contributed by atoms with Crippen LogP contribution in [0, 0.1) is 5.82 Å². The van der Waals surface area contributed by atoms with Gasteiger partial charge in [-0.15, -0.1) is 22.7 Å². The third kappa shape index (κ3) is 5.84. The third-order valence-corrected chi connectivity index (χ3v) is 6.30. The Bertz CT molecular complexity index is 1060. The van der Waals surface area contributed by atoms with Crippen molar-refractivity contribution >= 4 is 51.4 Å². The van der Waals surface area contributed by atoms with Crippen molar-refractivity contribution in [1.82, 2.24) is 15.2 Å². The minimum atomic E-state index is -0.509. The zero-order valence-electron chi connectivity index (χ0n) is 17.4. The number of thiophene rings is 1. The molecule has 0 aliphatic carbocycles. The number of carbonyl (C=O) groups is 2. The van der Waals surface area contributed by atoms with Crippen molar-refractivity contribution in [3.05, 3.63) is 69.6 Å². The van der Waals surface area contributed by atoms with Gasteiger partial charge in [0.2, 0.25) is 11.8 Å². The summed E-state index contributed by atoms with van der Waals surface area (Å²) in [5.74, 6) is -1.10. The molecule has 0 aliphatic heterocycles. The number of amides is 2. The van der Waals surface area contributed by atoms with Crippen LogP contribution in [0.3, 0.4) is 0 Å². The Labute approximate surface area is 188 Å². The number of thiazole rings is 1. The number of hydrogen-bond donors (Lipinski definition) is 1. The molecular formula is C22H23FN4O2S2. The van der Waals surface area contributed by atoms with Crippen LogP contribution in [0.2, 0.25) is 0 Å². The van der Waals surface area contributed by atoms with Gasteiger partial charge in [0.25, 0.3) is 0 Å². The second-order valence-electron chi connectivity index (χ2n) is 6.93. The number of anilines is 2. The van der Waals surface area contributed by atoms with Crippen molar-refractivity contribution in [2.24, 2.45) is 0 Å². The summed E-state index contributed by atoms with van der Waals surface area (Å²) in [6.45, 7) is 1.83. The second-order valence-corrected chi connectivity index (χ2v) is 8.75. The van der Waals surface area contributed by atoms with Gasteiger partial charge in [-0.25, -0.2) is 9.37 Å². The quantitative estimate of drug-likeness (QED) is 0.506. The maximum atomic E-state index is 14.2. The molecule has 31 heavy (non-hydrogen) atoms. The number of aromatic nitrogens is 1. The van der Waals surface area contributed by atoms with Crippen LogP contribution in [-0.2, 0) is 9.59 Å². The lowest BCUT2D eigenvalue weighted by Gasteiger charge is -2.23. The Morgan fingerprint density at radius 1 is 1.19 bits per heavy atom. The molecule has 0 saturated heterocycles. The third-order valence-electron chi connectivity index (χ3n) is 4.48. The molecular weight excluding hydrogens is 435 g/mol. The number of nitrogens with zero attached hydrogens (tertiary/aromatic N) is 3. The average Bonchev–Trinajstić information content (AvgIpc) is 3.40. The standard InChI is InChI=1S/C22H23FN4O2S2/c1-15(28)27(18-8-5-4-7-17(18)23)22-25-16(14-31-22)10-11-21(29)24-13-19(26(2)3)20-9-6-12-30-20/h4-12,14,19H,13H2,1-3H3,(H,24,29)/b11-10+. The second kappa shape index (κ2) is 10.4. The van der Waals surface area contributed by atoms with Crippen molar-refractivity contribution in [1.29, 1.82) is 0 Å². The van der Waals surface area contributed by atoms with E-state index in [2.05, 4.69) is 15.2 Å². The molecule has 0 radical (unpaired) electrons. The molecule has 0 spiro atoms. The Kier molecular flexibility index (Phi) is 7.67. The van der Waals surface area contributed by atoms with Crippen LogP contribution in [0.15, 0.2) is 53.2 Å². The van der Waals surface area contributed by atoms with Gasteiger partial charge >= 0.3 is 0 Å². The maximum absolute atomic E-state index is 14.2. The number of rotatable bonds is 8. The largest absolute Gasteiger partial charge is 0.351 e. The van der Waals surface area contributed by atoms with Crippen molar-refractivity contribution in [2.45, 2.75) is 13.0 Å². The molecule has 162 valence electrons. The fraction of sp³-hybridized carbons (Fsp3) is 0.227. The van der Waals surface area contributed by atoms with Gasteiger partial charge in [-0.1, -0.05) is 18.2 Å². The normalized spacial score (nSPS) is 12.3. The van der Waals surface area contributed by atoms with E-state index >= 15 is 0 Å². The monoisotopic (exact) mass is 458 g/mol. The van der Waals surface area contributed by atoms with E-state index in [0.717, 1.165) is 0 Å². The van der Waals surface area contributed by atoms with Crippen LogP contribution in [0.1, 0.15) is 23.5 Å². The van der Waals surface area contributed by atoms with Crippen molar-refractivity contribution < 1.29 is 14.0 Å². The van der Waals surface area contributed by atoms with Gasteiger partial charge in [0, 0.05) is 29.8 Å². The summed E-state index contributed by atoms with van der Waals surface area (Å²) in [6.07, 6.45) is 2.98. The summed E-state index contributed by atoms with van der Waals surface area (Å²) >= 11 is 2.85. The smallest absolute Gasteiger partial charge is 0.244 e. The number of halogens is 1. The van der Waals surface area contributed by atoms with Gasteiger partial charge in [-0.2, -0.15) is 0 Å². The van der Waals surface area contributed by atoms with E-state index in [-0.39, 0.29) is 23.5 Å². The van der Waals surface area contributed by atoms with E-state index in [0.29, 0.717) is 17.4 Å². The highest BCUT2D eigenvalue weighted by molar-refractivity contribution is 7.14. The highest BCUT2D eigenvalue weighted by atomic mass is 32.1. The summed E-state index contributed by atoms with van der Waals surface area (Å²) in [5.41, 5.74) is 0.654. The van der Waals surface area contributed by atoms with Crippen LogP contribution in [-0.4, -0.2) is 42.3 Å². The van der Waals surface area contributed by atoms with E-state index in [1.807, 2.05) is 31.6 Å². The zero-order chi connectivity index (χ0) is 22.4. The first-order valence-electron chi connectivity index (χ1n) is 9.53. The van der Waals surface area contributed by atoms with Gasteiger partial charge in [0.05, 0.1) is 17.4 Å². The van der Waals surface area contributed by atoms with E-state index < -0.39 is 5.82 Å². The fourth-order valence-corrected chi connectivity index (χ4v) is 4.70.